The Morgan fingerprint density at radius 3 is 2.52 bits per heavy atom. The number of rotatable bonds is 5. The molecule has 6 nitrogen and oxygen atoms in total. The highest BCUT2D eigenvalue weighted by molar-refractivity contribution is 6.13. The Hall–Kier alpha value is -2.50. The number of methoxy groups -OCH3 is 2. The van der Waals surface area contributed by atoms with Gasteiger partial charge >= 0.3 is 6.03 Å². The van der Waals surface area contributed by atoms with Gasteiger partial charge in [0, 0.05) is 6.54 Å². The normalized spacial score (nSPS) is 16.3. The van der Waals surface area contributed by atoms with Gasteiger partial charge in [-0.25, -0.2) is 4.79 Å². The largest absolute Gasteiger partial charge is 0.493 e. The summed E-state index contributed by atoms with van der Waals surface area (Å²) in [6.07, 6.45) is 2.35. The first kappa shape index (κ1) is 14.9. The second-order valence-electron chi connectivity index (χ2n) is 4.56. The van der Waals surface area contributed by atoms with Gasteiger partial charge in [0.05, 0.1) is 14.2 Å². The van der Waals surface area contributed by atoms with Crippen molar-refractivity contribution in [3.8, 4) is 11.5 Å². The lowest BCUT2D eigenvalue weighted by Gasteiger charge is -2.09. The number of hydrogen-bond donors (Lipinski definition) is 1. The van der Waals surface area contributed by atoms with E-state index in [1.165, 1.54) is 4.90 Å². The van der Waals surface area contributed by atoms with Crippen LogP contribution in [0.25, 0.3) is 6.08 Å². The van der Waals surface area contributed by atoms with E-state index in [-0.39, 0.29) is 17.6 Å². The summed E-state index contributed by atoms with van der Waals surface area (Å²) in [5.74, 6) is 0.861. The van der Waals surface area contributed by atoms with E-state index in [2.05, 4.69) is 5.32 Å². The molecule has 1 aromatic rings. The number of imide groups is 1. The third kappa shape index (κ3) is 2.99. The smallest absolute Gasteiger partial charge is 0.329 e. The number of hydrogen-bond acceptors (Lipinski definition) is 4. The molecular weight excluding hydrogens is 272 g/mol. The highest BCUT2D eigenvalue weighted by atomic mass is 16.5. The van der Waals surface area contributed by atoms with Gasteiger partial charge in [0.25, 0.3) is 5.91 Å². The maximum absolute atomic E-state index is 12.1. The number of amides is 3. The monoisotopic (exact) mass is 290 g/mol. The van der Waals surface area contributed by atoms with E-state index in [1.54, 1.807) is 38.5 Å². The van der Waals surface area contributed by atoms with Crippen LogP contribution < -0.4 is 14.8 Å². The lowest BCUT2D eigenvalue weighted by Crippen LogP contribution is -2.31. The van der Waals surface area contributed by atoms with Gasteiger partial charge < -0.3 is 14.8 Å². The molecule has 1 fully saturated rings. The first-order chi connectivity index (χ1) is 10.1. The van der Waals surface area contributed by atoms with Gasteiger partial charge in [0.1, 0.15) is 5.70 Å². The molecule has 0 spiro atoms. The quantitative estimate of drug-likeness (QED) is 0.665. The Balaban J connectivity index is 2.28. The minimum Gasteiger partial charge on any atom is -0.493 e. The third-order valence-electron chi connectivity index (χ3n) is 3.13. The van der Waals surface area contributed by atoms with Crippen LogP contribution >= 0.6 is 0 Å². The summed E-state index contributed by atoms with van der Waals surface area (Å²) in [5.41, 5.74) is 1.01. The molecule has 1 aromatic carbocycles. The fourth-order valence-corrected chi connectivity index (χ4v) is 2.11. The van der Waals surface area contributed by atoms with Crippen molar-refractivity contribution in [3.63, 3.8) is 0 Å². The van der Waals surface area contributed by atoms with Crippen LogP contribution in [-0.2, 0) is 4.79 Å². The molecule has 1 heterocycles. The SMILES string of the molecule is CCCN1C(=O)N/C(=C/c2ccc(OC)c(OC)c2)C1=O. The van der Waals surface area contributed by atoms with E-state index in [1.807, 2.05) is 6.92 Å². The standard InChI is InChI=1S/C15H18N2O4/c1-4-7-17-14(18)11(16-15(17)19)8-10-5-6-12(20-2)13(9-10)21-3/h5-6,8-9H,4,7H2,1-3H3,(H,16,19)/b11-8+. The van der Waals surface area contributed by atoms with Crippen LogP contribution in [0.5, 0.6) is 11.5 Å². The molecule has 1 saturated heterocycles. The highest BCUT2D eigenvalue weighted by Gasteiger charge is 2.32. The summed E-state index contributed by atoms with van der Waals surface area (Å²) in [4.78, 5) is 25.0. The molecule has 0 radical (unpaired) electrons. The van der Waals surface area contributed by atoms with E-state index >= 15 is 0 Å². The first-order valence-electron chi connectivity index (χ1n) is 6.67. The van der Waals surface area contributed by atoms with Crippen LogP contribution in [0.4, 0.5) is 4.79 Å². The number of ether oxygens (including phenoxy) is 2. The van der Waals surface area contributed by atoms with Crippen molar-refractivity contribution in [2.24, 2.45) is 0 Å². The number of nitrogens with one attached hydrogen (secondary N) is 1. The van der Waals surface area contributed by atoms with Crippen molar-refractivity contribution in [1.82, 2.24) is 10.2 Å². The van der Waals surface area contributed by atoms with Crippen molar-refractivity contribution >= 4 is 18.0 Å². The number of benzene rings is 1. The Bertz CT molecular complexity index is 595. The van der Waals surface area contributed by atoms with Crippen LogP contribution in [0.1, 0.15) is 18.9 Å². The van der Waals surface area contributed by atoms with Crippen molar-refractivity contribution in [1.29, 1.82) is 0 Å². The third-order valence-corrected chi connectivity index (χ3v) is 3.13. The van der Waals surface area contributed by atoms with E-state index < -0.39 is 0 Å². The minimum absolute atomic E-state index is 0.265. The molecule has 0 aliphatic carbocycles. The molecule has 21 heavy (non-hydrogen) atoms. The summed E-state index contributed by atoms with van der Waals surface area (Å²) < 4.78 is 10.4. The maximum Gasteiger partial charge on any atom is 0.329 e. The number of nitrogens with zero attached hydrogens (tertiary/aromatic N) is 1. The Kier molecular flexibility index (Phi) is 4.47. The van der Waals surface area contributed by atoms with Crippen molar-refractivity contribution in [2.45, 2.75) is 13.3 Å². The van der Waals surface area contributed by atoms with E-state index in [4.69, 9.17) is 9.47 Å². The second kappa shape index (κ2) is 6.30. The molecule has 1 N–H and O–H groups in total. The van der Waals surface area contributed by atoms with Crippen LogP contribution in [0.15, 0.2) is 23.9 Å². The number of carbonyl (C=O) groups excluding carboxylic acids is 2. The summed E-state index contributed by atoms with van der Waals surface area (Å²) in [6.45, 7) is 2.32. The zero-order valence-corrected chi connectivity index (χ0v) is 12.3. The predicted molar refractivity (Wildman–Crippen MR) is 78.1 cm³/mol. The molecule has 112 valence electrons. The van der Waals surface area contributed by atoms with Gasteiger partial charge in [-0.2, -0.15) is 0 Å². The van der Waals surface area contributed by atoms with Crippen LogP contribution in [0.2, 0.25) is 0 Å². The molecule has 3 amide bonds. The zero-order valence-electron chi connectivity index (χ0n) is 12.3. The number of carbonyl (C=O) groups is 2. The average Bonchev–Trinajstić information content (AvgIpc) is 2.75. The lowest BCUT2D eigenvalue weighted by atomic mass is 10.1. The molecular formula is C15H18N2O4. The molecule has 6 heteroatoms. The van der Waals surface area contributed by atoms with Gasteiger partial charge in [-0.05, 0) is 30.2 Å². The summed E-state index contributed by atoms with van der Waals surface area (Å²) >= 11 is 0. The van der Waals surface area contributed by atoms with Crippen LogP contribution in [0, 0.1) is 0 Å². The Morgan fingerprint density at radius 1 is 1.19 bits per heavy atom. The van der Waals surface area contributed by atoms with Gasteiger partial charge in [-0.1, -0.05) is 13.0 Å². The van der Waals surface area contributed by atoms with E-state index in [9.17, 15) is 9.59 Å². The first-order valence-corrected chi connectivity index (χ1v) is 6.67. The molecule has 1 aliphatic rings. The van der Waals surface area contributed by atoms with Crippen molar-refractivity contribution < 1.29 is 19.1 Å². The summed E-state index contributed by atoms with van der Waals surface area (Å²) in [5, 5.41) is 2.58. The predicted octanol–water partition coefficient (Wildman–Crippen LogP) is 2.01. The molecule has 2 rings (SSSR count). The molecule has 0 unspecified atom stereocenters. The molecule has 0 bridgehead atoms. The second-order valence-corrected chi connectivity index (χ2v) is 4.56. The maximum atomic E-state index is 12.1. The molecule has 0 atom stereocenters. The number of urea groups is 1. The average molecular weight is 290 g/mol. The molecule has 0 aromatic heterocycles. The van der Waals surface area contributed by atoms with Gasteiger partial charge in [0.2, 0.25) is 0 Å². The minimum atomic E-state index is -0.381. The Labute approximate surface area is 123 Å². The highest BCUT2D eigenvalue weighted by Crippen LogP contribution is 2.28. The fourth-order valence-electron chi connectivity index (χ4n) is 2.11. The van der Waals surface area contributed by atoms with E-state index in [0.29, 0.717) is 18.0 Å². The molecule has 1 aliphatic heterocycles. The van der Waals surface area contributed by atoms with Crippen LogP contribution in [0.3, 0.4) is 0 Å². The summed E-state index contributed by atoms with van der Waals surface area (Å²) in [7, 11) is 3.10. The molecule has 0 saturated carbocycles. The van der Waals surface area contributed by atoms with Gasteiger partial charge in [0.15, 0.2) is 11.5 Å². The van der Waals surface area contributed by atoms with Gasteiger partial charge in [-0.15, -0.1) is 0 Å². The zero-order chi connectivity index (χ0) is 15.4. The Morgan fingerprint density at radius 2 is 1.90 bits per heavy atom. The van der Waals surface area contributed by atoms with Crippen molar-refractivity contribution in [2.75, 3.05) is 20.8 Å². The van der Waals surface area contributed by atoms with Crippen LogP contribution in [-0.4, -0.2) is 37.6 Å². The topological polar surface area (TPSA) is 67.9 Å². The summed E-state index contributed by atoms with van der Waals surface area (Å²) in [6, 6.07) is 4.90. The fraction of sp³-hybridized carbons (Fsp3) is 0.333. The van der Waals surface area contributed by atoms with E-state index in [0.717, 1.165) is 12.0 Å². The van der Waals surface area contributed by atoms with Gasteiger partial charge in [-0.3, -0.25) is 9.69 Å². The van der Waals surface area contributed by atoms with Crippen molar-refractivity contribution in [3.05, 3.63) is 29.5 Å². The lowest BCUT2D eigenvalue weighted by molar-refractivity contribution is -0.122.